The lowest BCUT2D eigenvalue weighted by Crippen LogP contribution is -2.27. The van der Waals surface area contributed by atoms with Crippen LogP contribution in [-0.2, 0) is 11.0 Å². The first kappa shape index (κ1) is 17.7. The predicted octanol–water partition coefficient (Wildman–Crippen LogP) is 2.28. The topological polar surface area (TPSA) is 69.6 Å². The molecule has 0 bridgehead atoms. The summed E-state index contributed by atoms with van der Waals surface area (Å²) in [5.41, 5.74) is -0.934. The first-order chi connectivity index (χ1) is 9.62. The van der Waals surface area contributed by atoms with E-state index < -0.39 is 23.9 Å². The number of hydrogen-bond acceptors (Lipinski definition) is 3. The van der Waals surface area contributed by atoms with Crippen LogP contribution in [0.3, 0.4) is 0 Å². The van der Waals surface area contributed by atoms with Crippen LogP contribution in [0.5, 0.6) is 0 Å². The van der Waals surface area contributed by atoms with Gasteiger partial charge in [-0.2, -0.15) is 13.2 Å². The molecule has 2 unspecified atom stereocenters. The van der Waals surface area contributed by atoms with E-state index in [-0.39, 0.29) is 29.5 Å². The normalized spacial score (nSPS) is 14.6. The Hall–Kier alpha value is -1.31. The van der Waals surface area contributed by atoms with Gasteiger partial charge in [-0.1, -0.05) is 17.7 Å². The molecular weight excluding hydrogens is 311 g/mol. The first-order valence-corrected chi connectivity index (χ1v) is 6.48. The highest BCUT2D eigenvalue weighted by Crippen LogP contribution is 2.34. The number of nitrogens with one attached hydrogen (secondary N) is 1. The minimum atomic E-state index is -4.53. The van der Waals surface area contributed by atoms with Crippen molar-refractivity contribution >= 4 is 17.5 Å². The summed E-state index contributed by atoms with van der Waals surface area (Å²) in [4.78, 5) is 10.7. The lowest BCUT2D eigenvalue weighted by atomic mass is 10.0. The van der Waals surface area contributed by atoms with Gasteiger partial charge < -0.3 is 15.5 Å². The maximum Gasteiger partial charge on any atom is 0.416 e. The lowest BCUT2D eigenvalue weighted by Gasteiger charge is -2.20. The highest BCUT2D eigenvalue weighted by atomic mass is 35.5. The molecule has 1 aromatic rings. The van der Waals surface area contributed by atoms with Gasteiger partial charge in [0.15, 0.2) is 0 Å². The molecular formula is C13H15ClF3NO3. The molecule has 0 fully saturated rings. The molecule has 2 atom stereocenters. The standard InChI is InChI=1S/C13H15ClF3NO3/c1-7(19)18-5-4-11(20)12(21)9-3-2-8(6-10(9)14)13(15,16)17/h2-3,6,11-12,20-21H,4-5H2,1H3,(H,18,19). The van der Waals surface area contributed by atoms with Gasteiger partial charge in [0.1, 0.15) is 6.10 Å². The number of hydrogen-bond donors (Lipinski definition) is 3. The number of aliphatic hydroxyl groups excluding tert-OH is 2. The predicted molar refractivity (Wildman–Crippen MR) is 70.7 cm³/mol. The number of aliphatic hydroxyl groups is 2. The first-order valence-electron chi connectivity index (χ1n) is 6.10. The molecule has 1 amide bonds. The second-order valence-electron chi connectivity index (χ2n) is 4.52. The van der Waals surface area contributed by atoms with Crippen LogP contribution in [-0.4, -0.2) is 28.8 Å². The highest BCUT2D eigenvalue weighted by molar-refractivity contribution is 6.31. The zero-order chi connectivity index (χ0) is 16.2. The van der Waals surface area contributed by atoms with Crippen molar-refractivity contribution in [3.8, 4) is 0 Å². The number of carbonyl (C=O) groups is 1. The van der Waals surface area contributed by atoms with Crippen molar-refractivity contribution < 1.29 is 28.2 Å². The molecule has 8 heteroatoms. The van der Waals surface area contributed by atoms with Gasteiger partial charge in [-0.3, -0.25) is 4.79 Å². The SMILES string of the molecule is CC(=O)NCCC(O)C(O)c1ccc(C(F)(F)F)cc1Cl. The fourth-order valence-corrected chi connectivity index (χ4v) is 2.00. The average molecular weight is 326 g/mol. The van der Waals surface area contributed by atoms with Crippen LogP contribution >= 0.6 is 11.6 Å². The van der Waals surface area contributed by atoms with Gasteiger partial charge in [-0.25, -0.2) is 0 Å². The van der Waals surface area contributed by atoms with E-state index in [9.17, 15) is 28.2 Å². The van der Waals surface area contributed by atoms with Crippen LogP contribution in [0, 0.1) is 0 Å². The molecule has 0 radical (unpaired) electrons. The summed E-state index contributed by atoms with van der Waals surface area (Å²) in [6.07, 6.45) is -7.19. The Kier molecular flexibility index (Phi) is 6.00. The summed E-state index contributed by atoms with van der Waals surface area (Å²) in [7, 11) is 0. The van der Waals surface area contributed by atoms with Gasteiger partial charge in [0.05, 0.1) is 11.7 Å². The summed E-state index contributed by atoms with van der Waals surface area (Å²) < 4.78 is 37.5. The van der Waals surface area contributed by atoms with E-state index in [1.54, 1.807) is 0 Å². The fourth-order valence-electron chi connectivity index (χ4n) is 1.70. The van der Waals surface area contributed by atoms with Crippen LogP contribution in [0.15, 0.2) is 18.2 Å². The fraction of sp³-hybridized carbons (Fsp3) is 0.462. The maximum absolute atomic E-state index is 12.5. The maximum atomic E-state index is 12.5. The molecule has 0 aromatic heterocycles. The van der Waals surface area contributed by atoms with Crippen molar-refractivity contribution in [1.82, 2.24) is 5.32 Å². The Morgan fingerprint density at radius 2 is 2.00 bits per heavy atom. The minimum Gasteiger partial charge on any atom is -0.390 e. The van der Waals surface area contributed by atoms with E-state index in [1.807, 2.05) is 0 Å². The molecule has 1 aromatic carbocycles. The van der Waals surface area contributed by atoms with Crippen molar-refractivity contribution in [3.63, 3.8) is 0 Å². The molecule has 0 saturated carbocycles. The van der Waals surface area contributed by atoms with Gasteiger partial charge in [-0.05, 0) is 18.6 Å². The van der Waals surface area contributed by atoms with Gasteiger partial charge >= 0.3 is 6.18 Å². The smallest absolute Gasteiger partial charge is 0.390 e. The van der Waals surface area contributed by atoms with Crippen molar-refractivity contribution in [2.75, 3.05) is 6.54 Å². The lowest BCUT2D eigenvalue weighted by molar-refractivity contribution is -0.137. The summed E-state index contributed by atoms with van der Waals surface area (Å²) in [5.74, 6) is -0.288. The molecule has 0 aliphatic rings. The third-order valence-electron chi connectivity index (χ3n) is 2.82. The Labute approximate surface area is 124 Å². The van der Waals surface area contributed by atoms with Crippen LogP contribution in [0.2, 0.25) is 5.02 Å². The molecule has 1 rings (SSSR count). The molecule has 118 valence electrons. The van der Waals surface area contributed by atoms with E-state index in [4.69, 9.17) is 11.6 Å². The molecule has 0 spiro atoms. The number of rotatable bonds is 5. The molecule has 4 nitrogen and oxygen atoms in total. The van der Waals surface area contributed by atoms with Crippen LogP contribution in [0.4, 0.5) is 13.2 Å². The second-order valence-corrected chi connectivity index (χ2v) is 4.93. The van der Waals surface area contributed by atoms with Crippen molar-refractivity contribution in [3.05, 3.63) is 34.3 Å². The summed E-state index contributed by atoms with van der Waals surface area (Å²) in [5, 5.41) is 21.8. The minimum absolute atomic E-state index is 0.00000772. The van der Waals surface area contributed by atoms with Crippen molar-refractivity contribution in [1.29, 1.82) is 0 Å². The third-order valence-corrected chi connectivity index (χ3v) is 3.15. The van der Waals surface area contributed by atoms with Gasteiger partial charge in [-0.15, -0.1) is 0 Å². The van der Waals surface area contributed by atoms with Gasteiger partial charge in [0, 0.05) is 24.1 Å². The zero-order valence-electron chi connectivity index (χ0n) is 11.1. The molecule has 0 aliphatic carbocycles. The number of benzene rings is 1. The number of alkyl halides is 3. The summed E-state index contributed by atoms with van der Waals surface area (Å²) in [6, 6.07) is 2.50. The Morgan fingerprint density at radius 1 is 1.38 bits per heavy atom. The van der Waals surface area contributed by atoms with Crippen LogP contribution in [0.25, 0.3) is 0 Å². The molecule has 3 N–H and O–H groups in total. The monoisotopic (exact) mass is 325 g/mol. The second kappa shape index (κ2) is 7.11. The van der Waals surface area contributed by atoms with E-state index in [2.05, 4.69) is 5.32 Å². The Bertz CT molecular complexity index is 508. The van der Waals surface area contributed by atoms with E-state index in [1.165, 1.54) is 6.92 Å². The Balaban J connectivity index is 2.78. The van der Waals surface area contributed by atoms with Gasteiger partial charge in [0.25, 0.3) is 0 Å². The largest absolute Gasteiger partial charge is 0.416 e. The van der Waals surface area contributed by atoms with E-state index in [0.29, 0.717) is 6.07 Å². The number of halogens is 4. The van der Waals surface area contributed by atoms with E-state index in [0.717, 1.165) is 12.1 Å². The molecule has 0 saturated heterocycles. The summed E-state index contributed by atoms with van der Waals surface area (Å²) in [6.45, 7) is 1.43. The number of amides is 1. The third kappa shape index (κ3) is 5.18. The Morgan fingerprint density at radius 3 is 2.48 bits per heavy atom. The van der Waals surface area contributed by atoms with Crippen molar-refractivity contribution in [2.45, 2.75) is 31.7 Å². The van der Waals surface area contributed by atoms with Crippen molar-refractivity contribution in [2.24, 2.45) is 0 Å². The highest BCUT2D eigenvalue weighted by Gasteiger charge is 2.31. The quantitative estimate of drug-likeness (QED) is 0.778. The van der Waals surface area contributed by atoms with Crippen LogP contribution in [0.1, 0.15) is 30.6 Å². The zero-order valence-corrected chi connectivity index (χ0v) is 11.9. The summed E-state index contributed by atoms with van der Waals surface area (Å²) >= 11 is 5.72. The molecule has 21 heavy (non-hydrogen) atoms. The molecule has 0 heterocycles. The number of carbonyl (C=O) groups excluding carboxylic acids is 1. The average Bonchev–Trinajstić information content (AvgIpc) is 2.36. The van der Waals surface area contributed by atoms with Gasteiger partial charge in [0.2, 0.25) is 5.91 Å². The molecule has 0 aliphatic heterocycles. The van der Waals surface area contributed by atoms with Crippen LogP contribution < -0.4 is 5.32 Å². The van der Waals surface area contributed by atoms with E-state index >= 15 is 0 Å².